The number of fused-ring (bicyclic) bond motifs is 1. The molecule has 31 heavy (non-hydrogen) atoms. The Hall–Kier alpha value is -2.21. The highest BCUT2D eigenvalue weighted by molar-refractivity contribution is 8.18. The number of aryl methyl sites for hydroxylation is 1. The molecule has 7 heteroatoms. The van der Waals surface area contributed by atoms with E-state index in [1.54, 1.807) is 18.2 Å². The van der Waals surface area contributed by atoms with E-state index in [4.69, 9.17) is 23.2 Å². The van der Waals surface area contributed by atoms with Crippen LogP contribution in [0.25, 0.3) is 11.6 Å². The normalized spacial score (nSPS) is 20.2. The highest BCUT2D eigenvalue weighted by Gasteiger charge is 2.29. The minimum Gasteiger partial charge on any atom is -0.365 e. The Morgan fingerprint density at radius 1 is 1.13 bits per heavy atom. The first kappa shape index (κ1) is 22.0. The molecule has 2 aromatic carbocycles. The van der Waals surface area contributed by atoms with Gasteiger partial charge in [0.2, 0.25) is 0 Å². The smallest absolute Gasteiger partial charge is 0.264 e. The lowest BCUT2D eigenvalue weighted by Gasteiger charge is -2.41. The number of likely N-dealkylation sites (N-methyl/N-ethyl adjacent to an activating group) is 1. The largest absolute Gasteiger partial charge is 0.365 e. The molecule has 0 radical (unpaired) electrons. The number of hydrogen-bond acceptors (Lipinski definition) is 4. The number of halogens is 2. The number of allylic oxidation sites excluding steroid dienone is 1. The van der Waals surface area contributed by atoms with Crippen LogP contribution in [0.5, 0.6) is 0 Å². The third kappa shape index (κ3) is 4.27. The fourth-order valence-corrected chi connectivity index (χ4v) is 4.89. The van der Waals surface area contributed by atoms with Crippen molar-refractivity contribution < 1.29 is 4.79 Å². The maximum absolute atomic E-state index is 12.6. The Labute approximate surface area is 197 Å². The van der Waals surface area contributed by atoms with E-state index in [1.807, 2.05) is 6.08 Å². The topological polar surface area (TPSA) is 44.7 Å². The number of amidine groups is 1. The van der Waals surface area contributed by atoms with Gasteiger partial charge in [-0.1, -0.05) is 29.3 Å². The average molecular weight is 472 g/mol. The van der Waals surface area contributed by atoms with Crippen molar-refractivity contribution in [3.05, 3.63) is 68.0 Å². The molecule has 0 bridgehead atoms. The van der Waals surface area contributed by atoms with Gasteiger partial charge in [-0.2, -0.15) is 0 Å². The van der Waals surface area contributed by atoms with Crippen LogP contribution in [0, 0.1) is 6.92 Å². The van der Waals surface area contributed by atoms with Crippen molar-refractivity contribution in [2.45, 2.75) is 33.2 Å². The van der Waals surface area contributed by atoms with Crippen LogP contribution in [0.1, 0.15) is 37.5 Å². The number of amides is 1. The molecule has 0 aromatic heterocycles. The average Bonchev–Trinajstić information content (AvgIpc) is 3.02. The van der Waals surface area contributed by atoms with Gasteiger partial charge < -0.3 is 10.2 Å². The number of anilines is 1. The number of rotatable bonds is 2. The minimum absolute atomic E-state index is 0.0410. The fraction of sp³-hybridized carbons (Fsp3) is 0.250. The number of nitrogens with zero attached hydrogens (tertiary/aromatic N) is 2. The predicted molar refractivity (Wildman–Crippen MR) is 135 cm³/mol. The molecule has 0 atom stereocenters. The SMILES string of the molecule is CC1=CC(C)(C)N(C)c2cc(C)c(/C=C3/SC(=Nc4ccc(Cl)c(Cl)c4)NC3=O)cc21. The van der Waals surface area contributed by atoms with Gasteiger partial charge in [0.05, 0.1) is 26.2 Å². The van der Waals surface area contributed by atoms with Crippen molar-refractivity contribution in [2.24, 2.45) is 4.99 Å². The second kappa shape index (κ2) is 8.05. The van der Waals surface area contributed by atoms with Crippen molar-refractivity contribution in [3.8, 4) is 0 Å². The van der Waals surface area contributed by atoms with Crippen molar-refractivity contribution in [1.82, 2.24) is 5.32 Å². The van der Waals surface area contributed by atoms with Crippen molar-refractivity contribution >= 4 is 69.1 Å². The zero-order valence-corrected chi connectivity index (χ0v) is 20.3. The van der Waals surface area contributed by atoms with E-state index in [9.17, 15) is 4.79 Å². The van der Waals surface area contributed by atoms with Crippen molar-refractivity contribution in [2.75, 3.05) is 11.9 Å². The summed E-state index contributed by atoms with van der Waals surface area (Å²) in [5.74, 6) is -0.161. The molecule has 2 heterocycles. The van der Waals surface area contributed by atoms with Crippen LogP contribution < -0.4 is 10.2 Å². The third-order valence-corrected chi connectivity index (χ3v) is 7.32. The van der Waals surface area contributed by atoms with Gasteiger partial charge in [-0.3, -0.25) is 4.79 Å². The molecule has 1 saturated heterocycles. The van der Waals surface area contributed by atoms with Gasteiger partial charge >= 0.3 is 0 Å². The summed E-state index contributed by atoms with van der Waals surface area (Å²) < 4.78 is 0. The summed E-state index contributed by atoms with van der Waals surface area (Å²) >= 11 is 13.3. The summed E-state index contributed by atoms with van der Waals surface area (Å²) in [4.78, 5) is 19.9. The zero-order valence-electron chi connectivity index (χ0n) is 18.0. The highest BCUT2D eigenvalue weighted by atomic mass is 35.5. The lowest BCUT2D eigenvalue weighted by atomic mass is 9.87. The van der Waals surface area contributed by atoms with Crippen molar-refractivity contribution in [3.63, 3.8) is 0 Å². The summed E-state index contributed by atoms with van der Waals surface area (Å²) in [6.07, 6.45) is 4.21. The number of benzene rings is 2. The van der Waals surface area contributed by atoms with Gasteiger partial charge in [-0.15, -0.1) is 0 Å². The molecular formula is C24H23Cl2N3OS. The summed E-state index contributed by atoms with van der Waals surface area (Å²) in [5, 5.41) is 4.24. The van der Waals surface area contributed by atoms with Gasteiger partial charge in [-0.25, -0.2) is 4.99 Å². The predicted octanol–water partition coefficient (Wildman–Crippen LogP) is 6.83. The Morgan fingerprint density at radius 3 is 2.58 bits per heavy atom. The van der Waals surface area contributed by atoms with E-state index >= 15 is 0 Å². The van der Waals surface area contributed by atoms with Gasteiger partial charge in [0.15, 0.2) is 5.17 Å². The molecule has 0 unspecified atom stereocenters. The Kier molecular flexibility index (Phi) is 5.71. The monoisotopic (exact) mass is 471 g/mol. The number of nitrogens with one attached hydrogen (secondary N) is 1. The zero-order chi connectivity index (χ0) is 22.5. The summed E-state index contributed by atoms with van der Waals surface area (Å²) in [6, 6.07) is 9.48. The van der Waals surface area contributed by atoms with Gasteiger partial charge in [0.1, 0.15) is 0 Å². The molecule has 4 nitrogen and oxygen atoms in total. The van der Waals surface area contributed by atoms with Gasteiger partial charge in [0, 0.05) is 18.3 Å². The first-order valence-electron chi connectivity index (χ1n) is 9.88. The minimum atomic E-state index is -0.161. The maximum atomic E-state index is 12.6. The Bertz CT molecular complexity index is 1200. The molecule has 1 fully saturated rings. The van der Waals surface area contributed by atoms with E-state index in [0.717, 1.165) is 11.1 Å². The first-order chi connectivity index (χ1) is 14.5. The van der Waals surface area contributed by atoms with E-state index in [0.29, 0.717) is 25.8 Å². The van der Waals surface area contributed by atoms with Crippen LogP contribution in [0.15, 0.2) is 46.3 Å². The van der Waals surface area contributed by atoms with Crippen molar-refractivity contribution in [1.29, 1.82) is 0 Å². The molecular weight excluding hydrogens is 449 g/mol. The second-order valence-electron chi connectivity index (χ2n) is 8.35. The molecule has 1 N–H and O–H groups in total. The number of aliphatic imine (C=N–C) groups is 1. The van der Waals surface area contributed by atoms with Crippen LogP contribution in [0.2, 0.25) is 10.0 Å². The lowest BCUT2D eigenvalue weighted by molar-refractivity contribution is -0.115. The summed E-state index contributed by atoms with van der Waals surface area (Å²) in [5.41, 5.74) is 6.36. The Balaban J connectivity index is 1.66. The van der Waals surface area contributed by atoms with Gasteiger partial charge in [0.25, 0.3) is 5.91 Å². The van der Waals surface area contributed by atoms with E-state index in [1.165, 1.54) is 28.6 Å². The molecule has 0 saturated carbocycles. The van der Waals surface area contributed by atoms with E-state index in [2.05, 4.69) is 68.2 Å². The van der Waals surface area contributed by atoms with Crippen LogP contribution in [-0.4, -0.2) is 23.7 Å². The number of carbonyl (C=O) groups is 1. The van der Waals surface area contributed by atoms with E-state index < -0.39 is 0 Å². The third-order valence-electron chi connectivity index (χ3n) is 5.68. The molecule has 2 aliphatic heterocycles. The molecule has 2 aromatic rings. The number of thioether (sulfide) groups is 1. The Morgan fingerprint density at radius 2 is 1.87 bits per heavy atom. The molecule has 0 aliphatic carbocycles. The van der Waals surface area contributed by atoms with Crippen LogP contribution in [-0.2, 0) is 4.79 Å². The molecule has 4 rings (SSSR count). The van der Waals surface area contributed by atoms with Crippen LogP contribution in [0.3, 0.4) is 0 Å². The summed E-state index contributed by atoms with van der Waals surface area (Å²) in [6.45, 7) is 8.63. The van der Waals surface area contributed by atoms with Crippen LogP contribution >= 0.6 is 35.0 Å². The van der Waals surface area contributed by atoms with Gasteiger partial charge in [-0.05, 0) is 92.6 Å². The quantitative estimate of drug-likeness (QED) is 0.488. The van der Waals surface area contributed by atoms with E-state index in [-0.39, 0.29) is 11.4 Å². The summed E-state index contributed by atoms with van der Waals surface area (Å²) in [7, 11) is 2.12. The molecule has 160 valence electrons. The lowest BCUT2D eigenvalue weighted by Crippen LogP contribution is -2.42. The van der Waals surface area contributed by atoms with Crippen LogP contribution in [0.4, 0.5) is 11.4 Å². The fourth-order valence-electron chi connectivity index (χ4n) is 3.77. The maximum Gasteiger partial charge on any atom is 0.264 e. The molecule has 0 spiro atoms. The number of hydrogen-bond donors (Lipinski definition) is 1. The standard InChI is InChI=1S/C24H23Cl2N3OS/c1-13-8-20-17(14(2)12-24(3,4)29(20)5)9-15(13)10-21-22(30)28-23(31-21)27-16-6-7-18(25)19(26)11-16/h6-12H,1-5H3,(H,27,28,30)/b21-10+. The second-order valence-corrected chi connectivity index (χ2v) is 10.2. The molecule has 2 aliphatic rings. The highest BCUT2D eigenvalue weighted by Crippen LogP contribution is 2.40. The molecule has 1 amide bonds. The first-order valence-corrected chi connectivity index (χ1v) is 11.5. The number of carbonyl (C=O) groups excluding carboxylic acids is 1.